The molecule has 0 aromatic heterocycles. The van der Waals surface area contributed by atoms with Crippen LogP contribution in [0.2, 0.25) is 0 Å². The fraction of sp³-hybridized carbons (Fsp3) is 0.350. The van der Waals surface area contributed by atoms with Gasteiger partial charge in [-0.3, -0.25) is 0 Å². The Morgan fingerprint density at radius 3 is 2.54 bits per heavy atom. The van der Waals surface area contributed by atoms with E-state index < -0.39 is 0 Å². The molecule has 0 saturated carbocycles. The van der Waals surface area contributed by atoms with Gasteiger partial charge in [-0.2, -0.15) is 0 Å². The summed E-state index contributed by atoms with van der Waals surface area (Å²) in [5.41, 5.74) is 2.15. The SMILES string of the molecule is COc1ccc(N2CCN(C(=O)Nc3ccc(C)c(F)c3)CC2C)cc1. The third-order valence-electron chi connectivity index (χ3n) is 4.74. The van der Waals surface area contributed by atoms with Crippen LogP contribution in [0.4, 0.5) is 20.6 Å². The van der Waals surface area contributed by atoms with Gasteiger partial charge in [0.25, 0.3) is 0 Å². The molecule has 138 valence electrons. The third-order valence-corrected chi connectivity index (χ3v) is 4.74. The lowest BCUT2D eigenvalue weighted by Crippen LogP contribution is -2.54. The highest BCUT2D eigenvalue weighted by molar-refractivity contribution is 5.89. The van der Waals surface area contributed by atoms with Gasteiger partial charge in [-0.15, -0.1) is 0 Å². The molecule has 1 aliphatic heterocycles. The molecule has 3 rings (SSSR count). The minimum absolute atomic E-state index is 0.178. The van der Waals surface area contributed by atoms with Gasteiger partial charge in [0.2, 0.25) is 0 Å². The van der Waals surface area contributed by atoms with E-state index >= 15 is 0 Å². The largest absolute Gasteiger partial charge is 0.497 e. The Hall–Kier alpha value is -2.76. The van der Waals surface area contributed by atoms with Crippen LogP contribution in [-0.2, 0) is 0 Å². The number of benzene rings is 2. The summed E-state index contributed by atoms with van der Waals surface area (Å²) in [5.74, 6) is 0.505. The summed E-state index contributed by atoms with van der Waals surface area (Å²) in [5, 5.41) is 2.78. The smallest absolute Gasteiger partial charge is 0.321 e. The minimum atomic E-state index is -0.319. The summed E-state index contributed by atoms with van der Waals surface area (Å²) >= 11 is 0. The molecule has 1 aliphatic rings. The van der Waals surface area contributed by atoms with Gasteiger partial charge in [0, 0.05) is 37.1 Å². The molecule has 1 atom stereocenters. The fourth-order valence-corrected chi connectivity index (χ4v) is 3.17. The Kier molecular flexibility index (Phi) is 5.30. The van der Waals surface area contributed by atoms with E-state index in [0.717, 1.165) is 18.0 Å². The van der Waals surface area contributed by atoms with Crippen LogP contribution in [0, 0.1) is 12.7 Å². The summed E-state index contributed by atoms with van der Waals surface area (Å²) in [4.78, 5) is 16.5. The average Bonchev–Trinajstić information content (AvgIpc) is 2.65. The Morgan fingerprint density at radius 1 is 1.19 bits per heavy atom. The molecule has 1 heterocycles. The van der Waals surface area contributed by atoms with Gasteiger partial charge < -0.3 is 19.9 Å². The van der Waals surface area contributed by atoms with Gasteiger partial charge in [-0.1, -0.05) is 6.07 Å². The second kappa shape index (κ2) is 7.64. The van der Waals surface area contributed by atoms with Gasteiger partial charge in [-0.25, -0.2) is 9.18 Å². The van der Waals surface area contributed by atoms with E-state index in [0.29, 0.717) is 24.3 Å². The van der Waals surface area contributed by atoms with Gasteiger partial charge >= 0.3 is 6.03 Å². The number of carbonyl (C=O) groups excluding carboxylic acids is 1. The molecule has 0 bridgehead atoms. The van der Waals surface area contributed by atoms with E-state index in [2.05, 4.69) is 17.1 Å². The molecule has 0 aliphatic carbocycles. The number of rotatable bonds is 3. The van der Waals surface area contributed by atoms with Crippen molar-refractivity contribution in [3.05, 3.63) is 53.8 Å². The Labute approximate surface area is 153 Å². The van der Waals surface area contributed by atoms with E-state index in [4.69, 9.17) is 4.74 Å². The molecule has 2 amide bonds. The second-order valence-corrected chi connectivity index (χ2v) is 6.58. The first-order chi connectivity index (χ1) is 12.5. The van der Waals surface area contributed by atoms with Crippen molar-refractivity contribution < 1.29 is 13.9 Å². The highest BCUT2D eigenvalue weighted by Crippen LogP contribution is 2.24. The van der Waals surface area contributed by atoms with Crippen molar-refractivity contribution in [2.24, 2.45) is 0 Å². The fourth-order valence-electron chi connectivity index (χ4n) is 3.17. The molecule has 26 heavy (non-hydrogen) atoms. The van der Waals surface area contributed by atoms with Gasteiger partial charge in [0.1, 0.15) is 11.6 Å². The Morgan fingerprint density at radius 2 is 1.92 bits per heavy atom. The highest BCUT2D eigenvalue weighted by Gasteiger charge is 2.27. The van der Waals surface area contributed by atoms with Gasteiger partial charge in [-0.05, 0) is 55.8 Å². The molecule has 1 N–H and O–H groups in total. The molecule has 5 nitrogen and oxygen atoms in total. The zero-order valence-electron chi connectivity index (χ0n) is 15.3. The Balaban J connectivity index is 1.61. The summed E-state index contributed by atoms with van der Waals surface area (Å²) in [6, 6.07) is 12.6. The number of carbonyl (C=O) groups is 1. The number of hydrogen-bond donors (Lipinski definition) is 1. The summed E-state index contributed by atoms with van der Waals surface area (Å²) in [6.45, 7) is 5.74. The normalized spacial score (nSPS) is 17.2. The number of aryl methyl sites for hydroxylation is 1. The quantitative estimate of drug-likeness (QED) is 0.907. The van der Waals surface area contributed by atoms with Crippen LogP contribution in [0.5, 0.6) is 5.75 Å². The number of hydrogen-bond acceptors (Lipinski definition) is 3. The highest BCUT2D eigenvalue weighted by atomic mass is 19.1. The van der Waals surface area contributed by atoms with Crippen LogP contribution in [0.15, 0.2) is 42.5 Å². The number of nitrogens with zero attached hydrogens (tertiary/aromatic N) is 2. The molecular weight excluding hydrogens is 333 g/mol. The van der Waals surface area contributed by atoms with Crippen molar-refractivity contribution in [3.63, 3.8) is 0 Å². The molecule has 0 radical (unpaired) electrons. The number of anilines is 2. The molecule has 2 aromatic rings. The first kappa shape index (κ1) is 18.0. The van der Waals surface area contributed by atoms with E-state index in [1.54, 1.807) is 31.1 Å². The average molecular weight is 357 g/mol. The van der Waals surface area contributed by atoms with Crippen molar-refractivity contribution >= 4 is 17.4 Å². The van der Waals surface area contributed by atoms with E-state index in [1.165, 1.54) is 6.07 Å². The third kappa shape index (κ3) is 3.90. The van der Waals surface area contributed by atoms with Crippen molar-refractivity contribution in [3.8, 4) is 5.75 Å². The lowest BCUT2D eigenvalue weighted by atomic mass is 10.1. The molecule has 6 heteroatoms. The number of urea groups is 1. The van der Waals surface area contributed by atoms with Crippen LogP contribution in [0.25, 0.3) is 0 Å². The standard InChI is InChI=1S/C20H24FN3O2/c1-14-4-5-16(12-19(14)21)22-20(25)23-10-11-24(15(2)13-23)17-6-8-18(26-3)9-7-17/h4-9,12,15H,10-11,13H2,1-3H3,(H,22,25). The zero-order valence-corrected chi connectivity index (χ0v) is 15.3. The van der Waals surface area contributed by atoms with Gasteiger partial charge in [0.15, 0.2) is 0 Å². The number of amides is 2. The minimum Gasteiger partial charge on any atom is -0.497 e. The predicted molar refractivity (Wildman–Crippen MR) is 102 cm³/mol. The van der Waals surface area contributed by atoms with Crippen molar-refractivity contribution in [1.29, 1.82) is 0 Å². The lowest BCUT2D eigenvalue weighted by Gasteiger charge is -2.41. The van der Waals surface area contributed by atoms with Crippen LogP contribution < -0.4 is 15.0 Å². The monoisotopic (exact) mass is 357 g/mol. The molecule has 1 saturated heterocycles. The van der Waals surface area contributed by atoms with Crippen LogP contribution >= 0.6 is 0 Å². The van der Waals surface area contributed by atoms with Gasteiger partial charge in [0.05, 0.1) is 7.11 Å². The number of nitrogens with one attached hydrogen (secondary N) is 1. The zero-order chi connectivity index (χ0) is 18.7. The molecule has 1 fully saturated rings. The molecule has 2 aromatic carbocycles. The van der Waals surface area contributed by atoms with Crippen LogP contribution in [-0.4, -0.2) is 43.7 Å². The first-order valence-electron chi connectivity index (χ1n) is 8.70. The lowest BCUT2D eigenvalue weighted by molar-refractivity contribution is 0.200. The second-order valence-electron chi connectivity index (χ2n) is 6.58. The molecular formula is C20H24FN3O2. The molecule has 1 unspecified atom stereocenters. The van der Waals surface area contributed by atoms with Crippen molar-refractivity contribution in [1.82, 2.24) is 4.90 Å². The van der Waals surface area contributed by atoms with Crippen LogP contribution in [0.3, 0.4) is 0 Å². The topological polar surface area (TPSA) is 44.8 Å². The maximum atomic E-state index is 13.6. The maximum Gasteiger partial charge on any atom is 0.321 e. The Bertz CT molecular complexity index is 779. The van der Waals surface area contributed by atoms with Crippen LogP contribution in [0.1, 0.15) is 12.5 Å². The van der Waals surface area contributed by atoms with Crippen molar-refractivity contribution in [2.75, 3.05) is 37.0 Å². The number of halogens is 1. The van der Waals surface area contributed by atoms with E-state index in [-0.39, 0.29) is 17.9 Å². The number of ether oxygens (including phenoxy) is 1. The maximum absolute atomic E-state index is 13.6. The number of piperazine rings is 1. The van der Waals surface area contributed by atoms with Crippen molar-refractivity contribution in [2.45, 2.75) is 19.9 Å². The number of methoxy groups -OCH3 is 1. The predicted octanol–water partition coefficient (Wildman–Crippen LogP) is 3.89. The molecule has 0 spiro atoms. The summed E-state index contributed by atoms with van der Waals surface area (Å²) in [6.07, 6.45) is 0. The summed E-state index contributed by atoms with van der Waals surface area (Å²) in [7, 11) is 1.65. The van der Waals surface area contributed by atoms with E-state index in [1.807, 2.05) is 24.3 Å². The summed E-state index contributed by atoms with van der Waals surface area (Å²) < 4.78 is 18.8. The first-order valence-corrected chi connectivity index (χ1v) is 8.70. The van der Waals surface area contributed by atoms with E-state index in [9.17, 15) is 9.18 Å².